The van der Waals surface area contributed by atoms with Crippen LogP contribution in [0, 0.1) is 0 Å². The van der Waals surface area contributed by atoms with Gasteiger partial charge in [-0.15, -0.1) is 0 Å². The van der Waals surface area contributed by atoms with Crippen LogP contribution in [0.3, 0.4) is 0 Å². The maximum atomic E-state index is 12.3. The number of anilines is 1. The maximum absolute atomic E-state index is 12.3. The molecule has 0 radical (unpaired) electrons. The highest BCUT2D eigenvalue weighted by atomic mass is 16.7. The van der Waals surface area contributed by atoms with Gasteiger partial charge in [0.15, 0.2) is 0 Å². The van der Waals surface area contributed by atoms with Crippen molar-refractivity contribution in [3.63, 3.8) is 0 Å². The van der Waals surface area contributed by atoms with E-state index in [0.29, 0.717) is 26.0 Å². The second kappa shape index (κ2) is 5.81. The zero-order chi connectivity index (χ0) is 16.6. The molecule has 3 rings (SSSR count). The molecular weight excluding hydrogens is 298 g/mol. The first-order chi connectivity index (χ1) is 10.8. The molecule has 2 fully saturated rings. The van der Waals surface area contributed by atoms with Gasteiger partial charge in [-0.05, 0) is 32.4 Å². The third-order valence-corrected chi connectivity index (χ3v) is 3.77. The second-order valence-corrected chi connectivity index (χ2v) is 6.72. The Morgan fingerprint density at radius 1 is 1.39 bits per heavy atom. The van der Waals surface area contributed by atoms with Gasteiger partial charge in [-0.25, -0.2) is 4.79 Å². The van der Waals surface area contributed by atoms with E-state index in [1.165, 1.54) is 5.06 Å². The zero-order valence-electron chi connectivity index (χ0n) is 13.6. The Morgan fingerprint density at radius 3 is 2.78 bits per heavy atom. The molecular formula is C16H21N3O4. The number of nitrogens with zero attached hydrogens (tertiary/aromatic N) is 3. The highest BCUT2D eigenvalue weighted by Gasteiger charge is 2.36. The van der Waals surface area contributed by atoms with Crippen molar-refractivity contribution >= 4 is 17.7 Å². The molecule has 23 heavy (non-hydrogen) atoms. The van der Waals surface area contributed by atoms with Gasteiger partial charge in [0.2, 0.25) is 5.91 Å². The van der Waals surface area contributed by atoms with Gasteiger partial charge in [0, 0.05) is 25.6 Å². The first-order valence-corrected chi connectivity index (χ1v) is 7.75. The van der Waals surface area contributed by atoms with Crippen molar-refractivity contribution in [2.45, 2.75) is 45.3 Å². The third-order valence-electron chi connectivity index (χ3n) is 3.77. The Labute approximate surface area is 135 Å². The fourth-order valence-electron chi connectivity index (χ4n) is 2.62. The summed E-state index contributed by atoms with van der Waals surface area (Å²) < 4.78 is 5.38. The largest absolute Gasteiger partial charge is 0.442 e. The molecule has 2 saturated heterocycles. The van der Waals surface area contributed by atoms with Gasteiger partial charge in [-0.1, -0.05) is 0 Å². The highest BCUT2D eigenvalue weighted by Crippen LogP contribution is 2.33. The predicted molar refractivity (Wildman–Crippen MR) is 82.6 cm³/mol. The molecule has 2 aliphatic rings. The lowest BCUT2D eigenvalue weighted by molar-refractivity contribution is -0.125. The molecule has 3 heterocycles. The Bertz CT molecular complexity index is 626. The Morgan fingerprint density at radius 2 is 2.17 bits per heavy atom. The number of carbonyl (C=O) groups is 2. The molecule has 2 aliphatic heterocycles. The van der Waals surface area contributed by atoms with Crippen molar-refractivity contribution in [3.05, 3.63) is 24.0 Å². The molecule has 2 amide bonds. The molecule has 0 aliphatic carbocycles. The summed E-state index contributed by atoms with van der Waals surface area (Å²) in [6.45, 7) is 6.59. The van der Waals surface area contributed by atoms with E-state index in [2.05, 4.69) is 4.98 Å². The highest BCUT2D eigenvalue weighted by molar-refractivity contribution is 5.99. The van der Waals surface area contributed by atoms with Crippen molar-refractivity contribution in [2.75, 3.05) is 18.1 Å². The minimum Gasteiger partial charge on any atom is -0.442 e. The van der Waals surface area contributed by atoms with Gasteiger partial charge < -0.3 is 9.64 Å². The average Bonchev–Trinajstić information content (AvgIpc) is 2.94. The van der Waals surface area contributed by atoms with E-state index >= 15 is 0 Å². The van der Waals surface area contributed by atoms with Crippen LogP contribution in [0.1, 0.15) is 45.2 Å². The lowest BCUT2D eigenvalue weighted by Gasteiger charge is -2.31. The number of aromatic nitrogens is 1. The summed E-state index contributed by atoms with van der Waals surface area (Å²) in [5.74, 6) is 0.0932. The molecule has 1 aromatic heterocycles. The number of pyridine rings is 1. The smallest absolute Gasteiger partial charge is 0.435 e. The van der Waals surface area contributed by atoms with Gasteiger partial charge in [0.1, 0.15) is 5.60 Å². The summed E-state index contributed by atoms with van der Waals surface area (Å²) in [5, 5.41) is 1.27. The van der Waals surface area contributed by atoms with Crippen molar-refractivity contribution < 1.29 is 19.2 Å². The molecule has 7 heteroatoms. The molecule has 0 bridgehead atoms. The maximum Gasteiger partial charge on any atom is 0.435 e. The standard InChI is InChI=1S/C16H21N3O4/c1-16(2,3)23-15(21)19-13(5-7-22-19)11-8-12(10-17-9-11)18-6-4-14(18)20/h8-10,13H,4-7H2,1-3H3/t13-/m0/s1. The molecule has 0 aromatic carbocycles. The molecule has 0 unspecified atom stereocenters. The van der Waals surface area contributed by atoms with E-state index in [1.807, 2.05) is 26.8 Å². The van der Waals surface area contributed by atoms with E-state index in [4.69, 9.17) is 9.57 Å². The van der Waals surface area contributed by atoms with Crippen molar-refractivity contribution in [1.82, 2.24) is 10.0 Å². The van der Waals surface area contributed by atoms with Gasteiger partial charge >= 0.3 is 6.09 Å². The number of hydroxylamine groups is 2. The normalized spacial score (nSPS) is 21.3. The van der Waals surface area contributed by atoms with Gasteiger partial charge in [-0.3, -0.25) is 14.6 Å². The molecule has 0 N–H and O–H groups in total. The molecule has 7 nitrogen and oxygen atoms in total. The molecule has 124 valence electrons. The fourth-order valence-corrected chi connectivity index (χ4v) is 2.62. The summed E-state index contributed by atoms with van der Waals surface area (Å²) in [5.41, 5.74) is 1.01. The lowest BCUT2D eigenvalue weighted by Crippen LogP contribution is -2.43. The molecule has 0 spiro atoms. The number of β-lactam (4-membered cyclic amide) rings is 1. The van der Waals surface area contributed by atoms with Crippen LogP contribution < -0.4 is 4.90 Å². The second-order valence-electron chi connectivity index (χ2n) is 6.72. The quantitative estimate of drug-likeness (QED) is 0.783. The van der Waals surface area contributed by atoms with Crippen LogP contribution in [-0.4, -0.2) is 40.8 Å². The van der Waals surface area contributed by atoms with E-state index in [-0.39, 0.29) is 11.9 Å². The lowest BCUT2D eigenvalue weighted by atomic mass is 10.1. The fraction of sp³-hybridized carbons (Fsp3) is 0.562. The van der Waals surface area contributed by atoms with Crippen molar-refractivity contribution in [2.24, 2.45) is 0 Å². The summed E-state index contributed by atoms with van der Waals surface area (Å²) in [4.78, 5) is 35.2. The Kier molecular flexibility index (Phi) is 3.97. The summed E-state index contributed by atoms with van der Waals surface area (Å²) in [6, 6.07) is 1.63. The number of amides is 2. The Balaban J connectivity index is 1.78. The average molecular weight is 319 g/mol. The molecule has 1 atom stereocenters. The topological polar surface area (TPSA) is 72.0 Å². The third kappa shape index (κ3) is 3.29. The van der Waals surface area contributed by atoms with E-state index in [0.717, 1.165) is 11.3 Å². The first kappa shape index (κ1) is 15.7. The monoisotopic (exact) mass is 319 g/mol. The summed E-state index contributed by atoms with van der Waals surface area (Å²) in [7, 11) is 0. The SMILES string of the molecule is CC(C)(C)OC(=O)N1OCC[C@H]1c1cncc(N2CCC2=O)c1. The van der Waals surface area contributed by atoms with Gasteiger partial charge in [0.25, 0.3) is 0 Å². The predicted octanol–water partition coefficient (Wildman–Crippen LogP) is 2.43. The summed E-state index contributed by atoms with van der Waals surface area (Å²) >= 11 is 0. The number of hydrogen-bond acceptors (Lipinski definition) is 5. The van der Waals surface area contributed by atoms with Crippen LogP contribution in [0.2, 0.25) is 0 Å². The van der Waals surface area contributed by atoms with Crippen LogP contribution >= 0.6 is 0 Å². The van der Waals surface area contributed by atoms with Crippen molar-refractivity contribution in [1.29, 1.82) is 0 Å². The van der Waals surface area contributed by atoms with Crippen LogP contribution in [0.15, 0.2) is 18.5 Å². The van der Waals surface area contributed by atoms with Crippen LogP contribution in [0.4, 0.5) is 10.5 Å². The van der Waals surface area contributed by atoms with Crippen molar-refractivity contribution in [3.8, 4) is 0 Å². The number of carbonyl (C=O) groups excluding carboxylic acids is 2. The number of rotatable bonds is 2. The minimum atomic E-state index is -0.586. The summed E-state index contributed by atoms with van der Waals surface area (Å²) in [6.07, 6.45) is 4.09. The number of hydrogen-bond donors (Lipinski definition) is 0. The van der Waals surface area contributed by atoms with Gasteiger partial charge in [-0.2, -0.15) is 5.06 Å². The van der Waals surface area contributed by atoms with Crippen LogP contribution in [0.25, 0.3) is 0 Å². The van der Waals surface area contributed by atoms with Gasteiger partial charge in [0.05, 0.1) is 24.5 Å². The molecule has 1 aromatic rings. The first-order valence-electron chi connectivity index (χ1n) is 7.75. The Hall–Kier alpha value is -2.15. The van der Waals surface area contributed by atoms with E-state index in [1.54, 1.807) is 17.3 Å². The molecule has 0 saturated carbocycles. The van der Waals surface area contributed by atoms with E-state index < -0.39 is 11.7 Å². The van der Waals surface area contributed by atoms with Crippen LogP contribution in [-0.2, 0) is 14.4 Å². The minimum absolute atomic E-state index is 0.0932. The van der Waals surface area contributed by atoms with E-state index in [9.17, 15) is 9.59 Å². The zero-order valence-corrected chi connectivity index (χ0v) is 13.6. The number of ether oxygens (including phenoxy) is 1. The van der Waals surface area contributed by atoms with Crippen LogP contribution in [0.5, 0.6) is 0 Å².